The molecule has 0 saturated carbocycles. The molecule has 1 heterocycles. The van der Waals surface area contributed by atoms with Crippen LogP contribution >= 0.6 is 0 Å². The molecule has 3 nitrogen and oxygen atoms in total. The Balaban J connectivity index is 2.00. The van der Waals surface area contributed by atoms with Gasteiger partial charge >= 0.3 is 0 Å². The van der Waals surface area contributed by atoms with Gasteiger partial charge in [0.15, 0.2) is 0 Å². The fourth-order valence-corrected chi connectivity index (χ4v) is 3.00. The van der Waals surface area contributed by atoms with Gasteiger partial charge in [-0.3, -0.25) is 0 Å². The fraction of sp³-hybridized carbons (Fsp3) is 0.875. The predicted octanol–water partition coefficient (Wildman–Crippen LogP) is 3.05. The van der Waals surface area contributed by atoms with Crippen LogP contribution in [0.2, 0.25) is 0 Å². The van der Waals surface area contributed by atoms with Crippen LogP contribution in [0.15, 0.2) is 11.6 Å². The number of rotatable bonds is 5. The van der Waals surface area contributed by atoms with Crippen molar-refractivity contribution in [3.8, 4) is 0 Å². The summed E-state index contributed by atoms with van der Waals surface area (Å²) in [6.07, 6.45) is 11.7. The normalized spacial score (nSPS) is 27.2. The molecule has 0 bridgehead atoms. The van der Waals surface area contributed by atoms with Crippen molar-refractivity contribution < 1.29 is 9.47 Å². The molecule has 0 aromatic rings. The minimum absolute atomic E-state index is 0.200. The molecule has 0 aromatic heterocycles. The van der Waals surface area contributed by atoms with E-state index >= 15 is 0 Å². The van der Waals surface area contributed by atoms with Crippen molar-refractivity contribution in [2.75, 3.05) is 26.4 Å². The Morgan fingerprint density at radius 1 is 1.26 bits per heavy atom. The Kier molecular flexibility index (Phi) is 6.90. The maximum atomic E-state index is 5.93. The molecule has 3 heteroatoms. The summed E-state index contributed by atoms with van der Waals surface area (Å²) in [5.74, 6) is 0. The monoisotopic (exact) mass is 267 g/mol. The summed E-state index contributed by atoms with van der Waals surface area (Å²) in [7, 11) is 0. The Morgan fingerprint density at radius 3 is 2.95 bits per heavy atom. The highest BCUT2D eigenvalue weighted by Crippen LogP contribution is 2.23. The van der Waals surface area contributed by atoms with Crippen LogP contribution in [-0.4, -0.2) is 38.5 Å². The lowest BCUT2D eigenvalue weighted by Gasteiger charge is -2.33. The highest BCUT2D eigenvalue weighted by molar-refractivity contribution is 5.14. The summed E-state index contributed by atoms with van der Waals surface area (Å²) in [4.78, 5) is 0. The van der Waals surface area contributed by atoms with Crippen molar-refractivity contribution in [3.05, 3.63) is 11.6 Å². The molecule has 0 aromatic carbocycles. The lowest BCUT2D eigenvalue weighted by atomic mass is 9.92. The Hall–Kier alpha value is -0.380. The van der Waals surface area contributed by atoms with Crippen LogP contribution in [-0.2, 0) is 9.47 Å². The Labute approximate surface area is 117 Å². The summed E-state index contributed by atoms with van der Waals surface area (Å²) >= 11 is 0. The molecular formula is C16H29NO2. The second-order valence-electron chi connectivity index (χ2n) is 5.65. The van der Waals surface area contributed by atoms with Gasteiger partial charge in [0, 0.05) is 0 Å². The number of allylic oxidation sites excluding steroid dienone is 1. The van der Waals surface area contributed by atoms with E-state index in [0.717, 1.165) is 32.8 Å². The highest BCUT2D eigenvalue weighted by atomic mass is 16.6. The van der Waals surface area contributed by atoms with E-state index in [1.54, 1.807) is 5.57 Å². The summed E-state index contributed by atoms with van der Waals surface area (Å²) in [5.41, 5.74) is 1.56. The van der Waals surface area contributed by atoms with Gasteiger partial charge < -0.3 is 14.8 Å². The fourth-order valence-electron chi connectivity index (χ4n) is 3.00. The van der Waals surface area contributed by atoms with Gasteiger partial charge in [-0.15, -0.1) is 0 Å². The lowest BCUT2D eigenvalue weighted by molar-refractivity contribution is -0.0971. The zero-order valence-electron chi connectivity index (χ0n) is 12.3. The van der Waals surface area contributed by atoms with Crippen molar-refractivity contribution in [1.82, 2.24) is 5.32 Å². The molecule has 1 aliphatic heterocycles. The molecule has 0 radical (unpaired) electrons. The first-order valence-electron chi connectivity index (χ1n) is 8.03. The molecule has 2 rings (SSSR count). The van der Waals surface area contributed by atoms with E-state index in [2.05, 4.69) is 18.3 Å². The summed E-state index contributed by atoms with van der Waals surface area (Å²) in [6.45, 7) is 5.49. The topological polar surface area (TPSA) is 30.5 Å². The second kappa shape index (κ2) is 8.72. The standard InChI is InChI=1S/C16H29NO2/c1-2-10-17-16(15-13-18-11-12-19-15)14-8-6-4-3-5-7-9-14/h8,15-17H,2-7,9-13H2,1H3. The zero-order chi connectivity index (χ0) is 13.3. The number of hydrogen-bond donors (Lipinski definition) is 1. The third-order valence-electron chi connectivity index (χ3n) is 4.05. The van der Waals surface area contributed by atoms with Crippen LogP contribution in [0.5, 0.6) is 0 Å². The van der Waals surface area contributed by atoms with Crippen LogP contribution in [0.25, 0.3) is 0 Å². The van der Waals surface area contributed by atoms with Crippen molar-refractivity contribution >= 4 is 0 Å². The number of nitrogens with one attached hydrogen (secondary N) is 1. The molecule has 19 heavy (non-hydrogen) atoms. The van der Waals surface area contributed by atoms with Crippen LogP contribution in [0.4, 0.5) is 0 Å². The van der Waals surface area contributed by atoms with Crippen LogP contribution in [0.3, 0.4) is 0 Å². The van der Waals surface area contributed by atoms with Crippen LogP contribution < -0.4 is 5.32 Å². The van der Waals surface area contributed by atoms with Crippen molar-refractivity contribution in [2.45, 2.75) is 64.0 Å². The molecule has 1 fully saturated rings. The number of hydrogen-bond acceptors (Lipinski definition) is 3. The molecule has 110 valence electrons. The largest absolute Gasteiger partial charge is 0.376 e. The third kappa shape index (κ3) is 4.90. The quantitative estimate of drug-likeness (QED) is 0.777. The van der Waals surface area contributed by atoms with Gasteiger partial charge in [-0.25, -0.2) is 0 Å². The second-order valence-corrected chi connectivity index (χ2v) is 5.65. The minimum Gasteiger partial charge on any atom is -0.376 e. The van der Waals surface area contributed by atoms with Gasteiger partial charge in [0.2, 0.25) is 0 Å². The molecule has 2 aliphatic rings. The van der Waals surface area contributed by atoms with E-state index in [-0.39, 0.29) is 6.10 Å². The Bertz CT molecular complexity index is 272. The lowest BCUT2D eigenvalue weighted by Crippen LogP contribution is -2.48. The van der Waals surface area contributed by atoms with Crippen molar-refractivity contribution in [3.63, 3.8) is 0 Å². The van der Waals surface area contributed by atoms with E-state index in [4.69, 9.17) is 9.47 Å². The molecule has 2 atom stereocenters. The first kappa shape index (κ1) is 15.0. The number of ether oxygens (including phenoxy) is 2. The van der Waals surface area contributed by atoms with Crippen LogP contribution in [0.1, 0.15) is 51.9 Å². The molecule has 2 unspecified atom stereocenters. The SMILES string of the molecule is CCCNC(C1=CCCCCCC1)C1COCCO1. The molecule has 0 amide bonds. The molecule has 1 aliphatic carbocycles. The van der Waals surface area contributed by atoms with E-state index in [0.29, 0.717) is 6.04 Å². The maximum absolute atomic E-state index is 5.93. The van der Waals surface area contributed by atoms with Gasteiger partial charge in [0.25, 0.3) is 0 Å². The Morgan fingerprint density at radius 2 is 2.16 bits per heavy atom. The average molecular weight is 267 g/mol. The van der Waals surface area contributed by atoms with E-state index in [1.165, 1.54) is 38.5 Å². The van der Waals surface area contributed by atoms with Crippen molar-refractivity contribution in [2.24, 2.45) is 0 Å². The van der Waals surface area contributed by atoms with Gasteiger partial charge in [-0.2, -0.15) is 0 Å². The van der Waals surface area contributed by atoms with Gasteiger partial charge in [-0.1, -0.05) is 31.4 Å². The van der Waals surface area contributed by atoms with E-state index in [1.807, 2.05) is 0 Å². The van der Waals surface area contributed by atoms with Crippen LogP contribution in [0, 0.1) is 0 Å². The average Bonchev–Trinajstić information content (AvgIpc) is 2.42. The van der Waals surface area contributed by atoms with Crippen molar-refractivity contribution in [1.29, 1.82) is 0 Å². The summed E-state index contributed by atoms with van der Waals surface area (Å²) < 4.78 is 11.5. The highest BCUT2D eigenvalue weighted by Gasteiger charge is 2.27. The summed E-state index contributed by atoms with van der Waals surface area (Å²) in [5, 5.41) is 3.68. The van der Waals surface area contributed by atoms with E-state index < -0.39 is 0 Å². The molecule has 0 spiro atoms. The third-order valence-corrected chi connectivity index (χ3v) is 4.05. The first-order chi connectivity index (χ1) is 9.42. The predicted molar refractivity (Wildman–Crippen MR) is 78.4 cm³/mol. The van der Waals surface area contributed by atoms with E-state index in [9.17, 15) is 0 Å². The molecular weight excluding hydrogens is 238 g/mol. The molecule has 1 N–H and O–H groups in total. The zero-order valence-corrected chi connectivity index (χ0v) is 12.3. The smallest absolute Gasteiger partial charge is 0.1000 e. The minimum atomic E-state index is 0.200. The molecule has 1 saturated heterocycles. The summed E-state index contributed by atoms with van der Waals surface area (Å²) in [6, 6.07) is 0.360. The maximum Gasteiger partial charge on any atom is 0.1000 e. The van der Waals surface area contributed by atoms with Gasteiger partial charge in [0.1, 0.15) is 0 Å². The first-order valence-corrected chi connectivity index (χ1v) is 8.03. The van der Waals surface area contributed by atoms with Gasteiger partial charge in [-0.05, 0) is 38.6 Å². The van der Waals surface area contributed by atoms with Gasteiger partial charge in [0.05, 0.1) is 32.0 Å².